The molecule has 0 atom stereocenters. The Balaban J connectivity index is 1.85. The summed E-state index contributed by atoms with van der Waals surface area (Å²) in [5, 5.41) is 14.7. The molecule has 1 heterocycles. The maximum atomic E-state index is 5.65. The number of benzene rings is 1. The van der Waals surface area contributed by atoms with Gasteiger partial charge in [-0.05, 0) is 51.3 Å². The van der Waals surface area contributed by atoms with Crippen molar-refractivity contribution in [1.29, 1.82) is 0 Å². The van der Waals surface area contributed by atoms with E-state index >= 15 is 0 Å². The van der Waals surface area contributed by atoms with Crippen LogP contribution in [0.1, 0.15) is 38.6 Å². The molecule has 0 spiro atoms. The average molecular weight is 389 g/mol. The molecule has 2 rings (SSSR count). The van der Waals surface area contributed by atoms with Crippen LogP contribution < -0.4 is 20.1 Å². The van der Waals surface area contributed by atoms with Crippen LogP contribution in [0.2, 0.25) is 0 Å². The van der Waals surface area contributed by atoms with Gasteiger partial charge in [-0.2, -0.15) is 0 Å². The topological polar surface area (TPSA) is 85.6 Å². The molecule has 2 N–H and O–H groups in total. The molecule has 0 aliphatic rings. The summed E-state index contributed by atoms with van der Waals surface area (Å²) in [6.45, 7) is 9.68. The second-order valence-electron chi connectivity index (χ2n) is 6.18. The minimum atomic E-state index is 0.499. The largest absolute Gasteiger partial charge is 0.493 e. The summed E-state index contributed by atoms with van der Waals surface area (Å²) in [6, 6.07) is 6.10. The highest BCUT2D eigenvalue weighted by atomic mass is 16.5. The number of rotatable bonds is 11. The molecule has 154 valence electrons. The maximum Gasteiger partial charge on any atom is 0.191 e. The van der Waals surface area contributed by atoms with Gasteiger partial charge in [0.05, 0.1) is 13.7 Å². The molecule has 28 heavy (non-hydrogen) atoms. The van der Waals surface area contributed by atoms with E-state index in [0.29, 0.717) is 13.2 Å². The van der Waals surface area contributed by atoms with Gasteiger partial charge >= 0.3 is 0 Å². The molecule has 0 unspecified atom stereocenters. The van der Waals surface area contributed by atoms with E-state index in [2.05, 4.69) is 51.8 Å². The molecule has 0 aliphatic carbocycles. The van der Waals surface area contributed by atoms with E-state index < -0.39 is 0 Å². The van der Waals surface area contributed by atoms with Crippen molar-refractivity contribution < 1.29 is 9.47 Å². The molecule has 1 aromatic carbocycles. The molecule has 0 radical (unpaired) electrons. The van der Waals surface area contributed by atoms with Crippen molar-refractivity contribution >= 4 is 5.96 Å². The van der Waals surface area contributed by atoms with Gasteiger partial charge in [0, 0.05) is 19.6 Å². The summed E-state index contributed by atoms with van der Waals surface area (Å²) in [7, 11) is 1.66. The van der Waals surface area contributed by atoms with Crippen LogP contribution in [0.5, 0.6) is 11.5 Å². The van der Waals surface area contributed by atoms with Crippen molar-refractivity contribution in [3.63, 3.8) is 0 Å². The first-order valence-corrected chi connectivity index (χ1v) is 9.90. The van der Waals surface area contributed by atoms with Crippen molar-refractivity contribution in [2.75, 3.05) is 26.8 Å². The number of methoxy groups -OCH3 is 1. The lowest BCUT2D eigenvalue weighted by Gasteiger charge is -2.13. The summed E-state index contributed by atoms with van der Waals surface area (Å²) >= 11 is 0. The van der Waals surface area contributed by atoms with Crippen molar-refractivity contribution in [3.05, 3.63) is 35.9 Å². The van der Waals surface area contributed by atoms with E-state index in [0.717, 1.165) is 55.8 Å². The highest BCUT2D eigenvalue weighted by molar-refractivity contribution is 5.79. The van der Waals surface area contributed by atoms with Crippen molar-refractivity contribution in [2.45, 2.75) is 46.7 Å². The summed E-state index contributed by atoms with van der Waals surface area (Å²) in [5.41, 5.74) is 1.23. The number of aliphatic imine (C=N–C) groups is 1. The van der Waals surface area contributed by atoms with E-state index in [1.807, 2.05) is 17.6 Å². The third-order valence-corrected chi connectivity index (χ3v) is 4.22. The van der Waals surface area contributed by atoms with Crippen LogP contribution >= 0.6 is 0 Å². The first-order valence-electron chi connectivity index (χ1n) is 9.90. The van der Waals surface area contributed by atoms with Crippen molar-refractivity contribution in [3.8, 4) is 11.5 Å². The Morgan fingerprint density at radius 1 is 1.18 bits per heavy atom. The third kappa shape index (κ3) is 6.44. The van der Waals surface area contributed by atoms with Crippen LogP contribution in [0.15, 0.2) is 29.5 Å². The van der Waals surface area contributed by atoms with Crippen LogP contribution in [-0.2, 0) is 19.5 Å². The Hall–Kier alpha value is -2.77. The Morgan fingerprint density at radius 3 is 2.75 bits per heavy atom. The molecule has 0 saturated carbocycles. The number of aromatic nitrogens is 3. The fourth-order valence-corrected chi connectivity index (χ4v) is 2.80. The lowest BCUT2D eigenvalue weighted by Crippen LogP contribution is -2.38. The van der Waals surface area contributed by atoms with Crippen molar-refractivity contribution in [2.24, 2.45) is 4.99 Å². The molecule has 0 saturated heterocycles. The molecular weight excluding hydrogens is 356 g/mol. The van der Waals surface area contributed by atoms with Gasteiger partial charge in [0.1, 0.15) is 12.9 Å². The predicted octanol–water partition coefficient (Wildman–Crippen LogP) is 2.39. The minimum Gasteiger partial charge on any atom is -0.493 e. The number of nitrogens with zero attached hydrogens (tertiary/aromatic N) is 4. The summed E-state index contributed by atoms with van der Waals surface area (Å²) in [4.78, 5) is 4.60. The van der Waals surface area contributed by atoms with Crippen LogP contribution in [0.3, 0.4) is 0 Å². The normalized spacial score (nSPS) is 11.4. The predicted molar refractivity (Wildman–Crippen MR) is 111 cm³/mol. The fourth-order valence-electron chi connectivity index (χ4n) is 2.80. The molecule has 2 aromatic rings. The molecule has 8 heteroatoms. The van der Waals surface area contributed by atoms with Crippen LogP contribution in [0.4, 0.5) is 0 Å². The first kappa shape index (κ1) is 21.5. The fraction of sp³-hybridized carbons (Fsp3) is 0.550. The quantitative estimate of drug-likeness (QED) is 0.349. The average Bonchev–Trinajstić information content (AvgIpc) is 3.17. The summed E-state index contributed by atoms with van der Waals surface area (Å²) in [5.74, 6) is 3.22. The van der Waals surface area contributed by atoms with E-state index in [1.54, 1.807) is 13.4 Å². The van der Waals surface area contributed by atoms with Gasteiger partial charge in [0.25, 0.3) is 0 Å². The van der Waals surface area contributed by atoms with Crippen LogP contribution in [0, 0.1) is 0 Å². The van der Waals surface area contributed by atoms with Crippen molar-refractivity contribution in [1.82, 2.24) is 25.4 Å². The summed E-state index contributed by atoms with van der Waals surface area (Å²) in [6.07, 6.45) is 3.66. The lowest BCUT2D eigenvalue weighted by molar-refractivity contribution is 0.310. The van der Waals surface area contributed by atoms with Gasteiger partial charge in [-0.15, -0.1) is 10.2 Å². The zero-order valence-electron chi connectivity index (χ0n) is 17.4. The van der Waals surface area contributed by atoms with Gasteiger partial charge < -0.3 is 24.7 Å². The van der Waals surface area contributed by atoms with Gasteiger partial charge in [0.2, 0.25) is 0 Å². The number of guanidine groups is 1. The molecule has 0 amide bonds. The molecule has 0 bridgehead atoms. The number of hydrogen-bond acceptors (Lipinski definition) is 5. The highest BCUT2D eigenvalue weighted by Crippen LogP contribution is 2.28. The highest BCUT2D eigenvalue weighted by Gasteiger charge is 2.06. The maximum absolute atomic E-state index is 5.65. The summed E-state index contributed by atoms with van der Waals surface area (Å²) < 4.78 is 13.0. The Labute approximate surface area is 167 Å². The second kappa shape index (κ2) is 11.8. The molecule has 0 fully saturated rings. The number of hydrogen-bond donors (Lipinski definition) is 2. The number of ether oxygens (including phenoxy) is 2. The Bertz CT molecular complexity index is 744. The number of aryl methyl sites for hydroxylation is 2. The zero-order chi connectivity index (χ0) is 20.2. The smallest absolute Gasteiger partial charge is 0.191 e. The molecule has 0 aliphatic heterocycles. The monoisotopic (exact) mass is 388 g/mol. The third-order valence-electron chi connectivity index (χ3n) is 4.22. The molecular formula is C20H32N6O2. The Morgan fingerprint density at radius 2 is 2.04 bits per heavy atom. The first-order chi connectivity index (χ1) is 13.7. The van der Waals surface area contributed by atoms with Gasteiger partial charge in [-0.25, -0.2) is 4.99 Å². The zero-order valence-corrected chi connectivity index (χ0v) is 17.4. The SMILES string of the molecule is CCNC(=NCc1nncn1CC)NCCCc1ccc(OC)c(OCC)c1. The standard InChI is InChI=1S/C20H32N6O2/c1-5-21-20(23-14-19-25-24-15-26(19)6-2)22-12-8-9-16-10-11-17(27-4)18(13-16)28-7-3/h10-11,13,15H,5-9,12,14H2,1-4H3,(H2,21,22,23). The molecule has 8 nitrogen and oxygen atoms in total. The van der Waals surface area contributed by atoms with E-state index in [1.165, 1.54) is 5.56 Å². The second-order valence-corrected chi connectivity index (χ2v) is 6.18. The van der Waals surface area contributed by atoms with Crippen LogP contribution in [0.25, 0.3) is 0 Å². The lowest BCUT2D eigenvalue weighted by atomic mass is 10.1. The van der Waals surface area contributed by atoms with E-state index in [9.17, 15) is 0 Å². The van der Waals surface area contributed by atoms with Gasteiger partial charge in [0.15, 0.2) is 23.3 Å². The van der Waals surface area contributed by atoms with Crippen LogP contribution in [-0.4, -0.2) is 47.5 Å². The molecule has 1 aromatic heterocycles. The van der Waals surface area contributed by atoms with Gasteiger partial charge in [-0.3, -0.25) is 0 Å². The number of nitrogens with one attached hydrogen (secondary N) is 2. The van der Waals surface area contributed by atoms with E-state index in [4.69, 9.17) is 9.47 Å². The van der Waals surface area contributed by atoms with E-state index in [-0.39, 0.29) is 0 Å². The van der Waals surface area contributed by atoms with Gasteiger partial charge in [-0.1, -0.05) is 6.07 Å². The Kier molecular flexibility index (Phi) is 9.10. The minimum absolute atomic E-state index is 0.499.